The van der Waals surface area contributed by atoms with Crippen molar-refractivity contribution >= 4 is 28.9 Å². The number of carbonyl (C=O) groups is 1. The Morgan fingerprint density at radius 2 is 2.25 bits per heavy atom. The van der Waals surface area contributed by atoms with Crippen molar-refractivity contribution in [2.75, 3.05) is 5.75 Å². The summed E-state index contributed by atoms with van der Waals surface area (Å²) in [6, 6.07) is 7.98. The molecule has 3 aromatic rings. The Labute approximate surface area is 147 Å². The Bertz CT molecular complexity index is 902. The van der Waals surface area contributed by atoms with E-state index in [0.29, 0.717) is 22.0 Å². The molecule has 0 aliphatic rings. The van der Waals surface area contributed by atoms with Gasteiger partial charge in [-0.05, 0) is 24.4 Å². The zero-order chi connectivity index (χ0) is 16.9. The highest BCUT2D eigenvalue weighted by atomic mass is 32.2. The maximum absolute atomic E-state index is 11.3. The van der Waals surface area contributed by atoms with Crippen LogP contribution in [0.2, 0.25) is 0 Å². The molecular formula is C17H12N4OS2. The summed E-state index contributed by atoms with van der Waals surface area (Å²) >= 11 is 2.82. The number of nitrogens with zero attached hydrogens (tertiary/aromatic N) is 4. The van der Waals surface area contributed by atoms with Gasteiger partial charge in [-0.2, -0.15) is 5.26 Å². The van der Waals surface area contributed by atoms with Gasteiger partial charge in [0, 0.05) is 22.8 Å². The van der Waals surface area contributed by atoms with Gasteiger partial charge >= 0.3 is 0 Å². The third kappa shape index (κ3) is 3.50. The Morgan fingerprint density at radius 1 is 1.38 bits per heavy atom. The van der Waals surface area contributed by atoms with Gasteiger partial charge in [0.2, 0.25) is 0 Å². The highest BCUT2D eigenvalue weighted by molar-refractivity contribution is 8.00. The zero-order valence-electron chi connectivity index (χ0n) is 12.8. The first-order valence-electron chi connectivity index (χ1n) is 7.06. The van der Waals surface area contributed by atoms with Crippen LogP contribution in [0.3, 0.4) is 0 Å². The molecule has 0 aromatic carbocycles. The standard InChI is InChI=1S/C17H12N4OS2/c1-11(22)10-24-17-13(8-18)12(16-3-2-6-23-16)7-14(21-17)15-9-19-4-5-20-15/h2-7,9H,10H2,1H3. The molecule has 118 valence electrons. The summed E-state index contributed by atoms with van der Waals surface area (Å²) in [6.45, 7) is 1.52. The number of carbonyl (C=O) groups excluding carboxylic acids is 1. The van der Waals surface area contributed by atoms with Crippen molar-refractivity contribution in [2.45, 2.75) is 11.9 Å². The summed E-state index contributed by atoms with van der Waals surface area (Å²) in [4.78, 5) is 25.2. The van der Waals surface area contributed by atoms with E-state index in [1.165, 1.54) is 18.7 Å². The van der Waals surface area contributed by atoms with Gasteiger partial charge in [0.25, 0.3) is 0 Å². The van der Waals surface area contributed by atoms with Gasteiger partial charge in [-0.15, -0.1) is 11.3 Å². The van der Waals surface area contributed by atoms with Gasteiger partial charge in [-0.25, -0.2) is 4.98 Å². The van der Waals surface area contributed by atoms with E-state index in [1.54, 1.807) is 29.9 Å². The fraction of sp³-hybridized carbons (Fsp3) is 0.118. The van der Waals surface area contributed by atoms with E-state index in [0.717, 1.165) is 10.4 Å². The van der Waals surface area contributed by atoms with Crippen LogP contribution >= 0.6 is 23.1 Å². The van der Waals surface area contributed by atoms with Crippen molar-refractivity contribution in [1.29, 1.82) is 5.26 Å². The van der Waals surface area contributed by atoms with Crippen molar-refractivity contribution in [3.63, 3.8) is 0 Å². The molecule has 0 bridgehead atoms. The third-order valence-electron chi connectivity index (χ3n) is 3.12. The second-order valence-corrected chi connectivity index (χ2v) is 6.82. The lowest BCUT2D eigenvalue weighted by molar-refractivity contribution is -0.114. The fourth-order valence-electron chi connectivity index (χ4n) is 2.09. The number of thioether (sulfide) groups is 1. The van der Waals surface area contributed by atoms with Crippen LogP contribution in [0.5, 0.6) is 0 Å². The smallest absolute Gasteiger partial charge is 0.140 e. The maximum atomic E-state index is 11.3. The number of pyridine rings is 1. The molecule has 7 heteroatoms. The van der Waals surface area contributed by atoms with Crippen molar-refractivity contribution in [3.8, 4) is 27.9 Å². The molecule has 0 fully saturated rings. The van der Waals surface area contributed by atoms with E-state index in [1.807, 2.05) is 23.6 Å². The van der Waals surface area contributed by atoms with E-state index in [2.05, 4.69) is 21.0 Å². The van der Waals surface area contributed by atoms with Gasteiger partial charge < -0.3 is 0 Å². The summed E-state index contributed by atoms with van der Waals surface area (Å²) in [5.41, 5.74) is 2.55. The monoisotopic (exact) mass is 352 g/mol. The predicted molar refractivity (Wildman–Crippen MR) is 94.7 cm³/mol. The summed E-state index contributed by atoms with van der Waals surface area (Å²) in [7, 11) is 0. The molecule has 0 amide bonds. The number of ketones is 1. The number of thiophene rings is 1. The van der Waals surface area contributed by atoms with E-state index in [4.69, 9.17) is 0 Å². The van der Waals surface area contributed by atoms with Crippen LogP contribution in [0.15, 0.2) is 47.2 Å². The lowest BCUT2D eigenvalue weighted by Crippen LogP contribution is -1.99. The molecule has 0 radical (unpaired) electrons. The molecule has 0 saturated carbocycles. The number of Topliss-reactive ketones (excluding diaryl/α,β-unsaturated/α-hetero) is 1. The molecule has 0 N–H and O–H groups in total. The molecule has 3 heterocycles. The van der Waals surface area contributed by atoms with Gasteiger partial charge in [0.05, 0.1) is 23.2 Å². The first-order chi connectivity index (χ1) is 11.7. The van der Waals surface area contributed by atoms with E-state index < -0.39 is 0 Å². The SMILES string of the molecule is CC(=O)CSc1nc(-c2cnccn2)cc(-c2cccs2)c1C#N. The molecule has 5 nitrogen and oxygen atoms in total. The highest BCUT2D eigenvalue weighted by Crippen LogP contribution is 2.35. The van der Waals surface area contributed by atoms with Crippen LogP contribution in [0.1, 0.15) is 12.5 Å². The van der Waals surface area contributed by atoms with E-state index in [-0.39, 0.29) is 11.5 Å². The Morgan fingerprint density at radius 3 is 2.88 bits per heavy atom. The zero-order valence-corrected chi connectivity index (χ0v) is 14.4. The topological polar surface area (TPSA) is 79.5 Å². The molecule has 3 aromatic heterocycles. The second kappa shape index (κ2) is 7.34. The van der Waals surface area contributed by atoms with Crippen molar-refractivity contribution in [2.24, 2.45) is 0 Å². The number of rotatable bonds is 5. The van der Waals surface area contributed by atoms with E-state index in [9.17, 15) is 10.1 Å². The summed E-state index contributed by atoms with van der Waals surface area (Å²) in [5, 5.41) is 12.1. The largest absolute Gasteiger partial charge is 0.299 e. The highest BCUT2D eigenvalue weighted by Gasteiger charge is 2.17. The quantitative estimate of drug-likeness (QED) is 0.650. The number of hydrogen-bond donors (Lipinski definition) is 0. The van der Waals surface area contributed by atoms with Crippen LogP contribution in [0, 0.1) is 11.3 Å². The average Bonchev–Trinajstić information content (AvgIpc) is 3.14. The molecule has 0 unspecified atom stereocenters. The Kier molecular flexibility index (Phi) is 4.99. The summed E-state index contributed by atoms with van der Waals surface area (Å²) in [5.74, 6) is 0.309. The number of nitriles is 1. The van der Waals surface area contributed by atoms with Crippen LogP contribution in [0.4, 0.5) is 0 Å². The van der Waals surface area contributed by atoms with Crippen LogP contribution in [0.25, 0.3) is 21.8 Å². The Balaban J connectivity index is 2.18. The maximum Gasteiger partial charge on any atom is 0.140 e. The molecule has 3 rings (SSSR count). The molecule has 24 heavy (non-hydrogen) atoms. The van der Waals surface area contributed by atoms with Crippen molar-refractivity contribution < 1.29 is 4.79 Å². The average molecular weight is 352 g/mol. The van der Waals surface area contributed by atoms with Crippen molar-refractivity contribution in [1.82, 2.24) is 15.0 Å². The predicted octanol–water partition coefficient (Wildman–Crippen LogP) is 3.82. The van der Waals surface area contributed by atoms with Crippen molar-refractivity contribution in [3.05, 3.63) is 47.7 Å². The normalized spacial score (nSPS) is 10.3. The molecular weight excluding hydrogens is 340 g/mol. The minimum atomic E-state index is 0.0354. The summed E-state index contributed by atoms with van der Waals surface area (Å²) < 4.78 is 0. The first-order valence-corrected chi connectivity index (χ1v) is 8.93. The van der Waals surface area contributed by atoms with Crippen LogP contribution in [-0.4, -0.2) is 26.5 Å². The minimum absolute atomic E-state index is 0.0354. The van der Waals surface area contributed by atoms with Gasteiger partial charge in [0.1, 0.15) is 22.6 Å². The third-order valence-corrected chi connectivity index (χ3v) is 5.15. The first kappa shape index (κ1) is 16.3. The fourth-order valence-corrected chi connectivity index (χ4v) is 3.64. The van der Waals surface area contributed by atoms with E-state index >= 15 is 0 Å². The number of aromatic nitrogens is 3. The van der Waals surface area contributed by atoms with Crippen LogP contribution in [-0.2, 0) is 4.79 Å². The molecule has 0 atom stereocenters. The number of hydrogen-bond acceptors (Lipinski definition) is 7. The lowest BCUT2D eigenvalue weighted by atomic mass is 10.1. The molecule has 0 aliphatic carbocycles. The van der Waals surface area contributed by atoms with Gasteiger partial charge in [-0.3, -0.25) is 14.8 Å². The van der Waals surface area contributed by atoms with Gasteiger partial charge in [-0.1, -0.05) is 17.8 Å². The molecule has 0 aliphatic heterocycles. The lowest BCUT2D eigenvalue weighted by Gasteiger charge is -2.10. The van der Waals surface area contributed by atoms with Crippen LogP contribution < -0.4 is 0 Å². The van der Waals surface area contributed by atoms with Gasteiger partial charge in [0.15, 0.2) is 0 Å². The molecule has 0 saturated heterocycles. The Hall–Kier alpha value is -2.56. The minimum Gasteiger partial charge on any atom is -0.299 e. The summed E-state index contributed by atoms with van der Waals surface area (Å²) in [6.07, 6.45) is 4.83. The molecule has 0 spiro atoms. The second-order valence-electron chi connectivity index (χ2n) is 4.91.